The average molecular weight is 445 g/mol. The van der Waals surface area contributed by atoms with Crippen molar-refractivity contribution in [1.82, 2.24) is 0 Å². The summed E-state index contributed by atoms with van der Waals surface area (Å²) in [6.45, 7) is 3.93. The molecule has 0 N–H and O–H groups in total. The minimum Gasteiger partial charge on any atom is -0.493 e. The first-order chi connectivity index (χ1) is 15.5. The molecule has 0 atom stereocenters. The van der Waals surface area contributed by atoms with Crippen LogP contribution in [-0.2, 0) is 4.79 Å². The molecule has 0 aliphatic carbocycles. The molecule has 3 aromatic carbocycles. The summed E-state index contributed by atoms with van der Waals surface area (Å²) < 4.78 is 11.3. The molecule has 162 valence electrons. The molecular weight excluding hydrogens is 420 g/mol. The fourth-order valence-electron chi connectivity index (χ4n) is 3.24. The summed E-state index contributed by atoms with van der Waals surface area (Å²) in [5, 5.41) is 0.616. The minimum atomic E-state index is -0.114. The quantitative estimate of drug-likeness (QED) is 0.419. The van der Waals surface area contributed by atoms with E-state index >= 15 is 0 Å². The van der Waals surface area contributed by atoms with Gasteiger partial charge in [-0.15, -0.1) is 0 Å². The highest BCUT2D eigenvalue weighted by molar-refractivity contribution is 8.19. The van der Waals surface area contributed by atoms with E-state index in [4.69, 9.17) is 14.5 Å². The fourth-order valence-corrected chi connectivity index (χ4v) is 4.24. The first-order valence-corrected chi connectivity index (χ1v) is 11.1. The van der Waals surface area contributed by atoms with E-state index in [0.717, 1.165) is 16.9 Å². The van der Waals surface area contributed by atoms with Crippen molar-refractivity contribution >= 4 is 40.3 Å². The number of carbonyl (C=O) groups is 1. The largest absolute Gasteiger partial charge is 0.493 e. The lowest BCUT2D eigenvalue weighted by Crippen LogP contribution is -2.28. The number of carbonyl (C=O) groups excluding carboxylic acids is 1. The topological polar surface area (TPSA) is 51.1 Å². The fraction of sp³-hybridized carbons (Fsp3) is 0.154. The number of para-hydroxylation sites is 2. The van der Waals surface area contributed by atoms with Gasteiger partial charge in [0.15, 0.2) is 16.7 Å². The Balaban J connectivity index is 1.71. The molecule has 1 saturated heterocycles. The number of anilines is 1. The molecule has 0 aromatic heterocycles. The van der Waals surface area contributed by atoms with Gasteiger partial charge in [0.1, 0.15) is 0 Å². The van der Waals surface area contributed by atoms with Gasteiger partial charge in [-0.05, 0) is 73.6 Å². The first-order valence-electron chi connectivity index (χ1n) is 10.3. The van der Waals surface area contributed by atoms with Gasteiger partial charge in [-0.3, -0.25) is 9.69 Å². The summed E-state index contributed by atoms with van der Waals surface area (Å²) in [7, 11) is 1.61. The highest BCUT2D eigenvalue weighted by Gasteiger charge is 2.34. The normalized spacial score (nSPS) is 16.2. The summed E-state index contributed by atoms with van der Waals surface area (Å²) in [6.07, 6.45) is 1.90. The molecule has 0 spiro atoms. The number of hydrogen-bond donors (Lipinski definition) is 0. The standard InChI is InChI=1S/C26H24N2O3S/c1-18(2)31-22-15-14-19(16-23(22)30-3)17-24-25(29)28(21-12-8-5-9-13-21)26(32-24)27-20-10-6-4-7-11-20/h4-18H,1-3H3/b24-17+,27-26?. The first kappa shape index (κ1) is 21.7. The average Bonchev–Trinajstić information content (AvgIpc) is 3.10. The van der Waals surface area contributed by atoms with Gasteiger partial charge in [-0.1, -0.05) is 42.5 Å². The predicted molar refractivity (Wildman–Crippen MR) is 132 cm³/mol. The predicted octanol–water partition coefficient (Wildman–Crippen LogP) is 6.29. The molecule has 1 amide bonds. The van der Waals surface area contributed by atoms with Crippen LogP contribution in [0.3, 0.4) is 0 Å². The third kappa shape index (κ3) is 4.86. The lowest BCUT2D eigenvalue weighted by Gasteiger charge is -2.15. The van der Waals surface area contributed by atoms with E-state index < -0.39 is 0 Å². The number of benzene rings is 3. The molecule has 3 aromatic rings. The maximum atomic E-state index is 13.4. The Morgan fingerprint density at radius 2 is 1.62 bits per heavy atom. The molecule has 0 saturated carbocycles. The van der Waals surface area contributed by atoms with Crippen molar-refractivity contribution in [2.75, 3.05) is 12.0 Å². The van der Waals surface area contributed by atoms with Crippen LogP contribution in [0.4, 0.5) is 11.4 Å². The summed E-state index contributed by atoms with van der Waals surface area (Å²) >= 11 is 1.36. The molecule has 4 rings (SSSR count). The number of amidine groups is 1. The Morgan fingerprint density at radius 1 is 0.938 bits per heavy atom. The van der Waals surface area contributed by atoms with Crippen LogP contribution >= 0.6 is 11.8 Å². The van der Waals surface area contributed by atoms with Crippen LogP contribution in [-0.4, -0.2) is 24.3 Å². The molecule has 1 heterocycles. The Bertz CT molecular complexity index is 1160. The number of thioether (sulfide) groups is 1. The van der Waals surface area contributed by atoms with Crippen LogP contribution in [0.2, 0.25) is 0 Å². The summed E-state index contributed by atoms with van der Waals surface area (Å²) in [5.41, 5.74) is 2.42. The van der Waals surface area contributed by atoms with Gasteiger partial charge in [-0.2, -0.15) is 0 Å². The van der Waals surface area contributed by atoms with Crippen molar-refractivity contribution in [3.63, 3.8) is 0 Å². The van der Waals surface area contributed by atoms with Crippen LogP contribution in [0, 0.1) is 0 Å². The molecule has 1 aliphatic heterocycles. The number of ether oxygens (including phenoxy) is 2. The Morgan fingerprint density at radius 3 is 2.28 bits per heavy atom. The van der Waals surface area contributed by atoms with Crippen LogP contribution in [0.1, 0.15) is 19.4 Å². The third-order valence-electron chi connectivity index (χ3n) is 4.65. The molecule has 1 fully saturated rings. The molecule has 6 heteroatoms. The van der Waals surface area contributed by atoms with Crippen LogP contribution in [0.15, 0.2) is 88.8 Å². The van der Waals surface area contributed by atoms with Crippen LogP contribution in [0.25, 0.3) is 6.08 Å². The van der Waals surface area contributed by atoms with E-state index in [1.165, 1.54) is 11.8 Å². The van der Waals surface area contributed by atoms with Crippen molar-refractivity contribution in [3.05, 3.63) is 89.3 Å². The summed E-state index contributed by atoms with van der Waals surface area (Å²) in [6, 6.07) is 24.8. The Kier molecular flexibility index (Phi) is 6.61. The molecule has 0 unspecified atom stereocenters. The van der Waals surface area contributed by atoms with E-state index in [1.54, 1.807) is 12.0 Å². The number of rotatable bonds is 6. The number of hydrogen-bond acceptors (Lipinski definition) is 5. The molecule has 5 nitrogen and oxygen atoms in total. The van der Waals surface area contributed by atoms with Gasteiger partial charge in [0.25, 0.3) is 5.91 Å². The van der Waals surface area contributed by atoms with Crippen molar-refractivity contribution in [2.24, 2.45) is 4.99 Å². The van der Waals surface area contributed by atoms with Crippen molar-refractivity contribution in [2.45, 2.75) is 20.0 Å². The summed E-state index contributed by atoms with van der Waals surface area (Å²) in [5.74, 6) is 1.19. The van der Waals surface area contributed by atoms with Crippen molar-refractivity contribution in [3.8, 4) is 11.5 Å². The second-order valence-electron chi connectivity index (χ2n) is 7.39. The molecule has 0 radical (unpaired) electrons. The number of nitrogens with zero attached hydrogens (tertiary/aromatic N) is 2. The Hall–Kier alpha value is -3.51. The summed E-state index contributed by atoms with van der Waals surface area (Å²) in [4.78, 5) is 20.4. The van der Waals surface area contributed by atoms with Crippen LogP contribution < -0.4 is 14.4 Å². The van der Waals surface area contributed by atoms with Gasteiger partial charge < -0.3 is 9.47 Å². The monoisotopic (exact) mass is 444 g/mol. The number of methoxy groups -OCH3 is 1. The minimum absolute atomic E-state index is 0.0382. The zero-order valence-electron chi connectivity index (χ0n) is 18.2. The number of amides is 1. The highest BCUT2D eigenvalue weighted by atomic mass is 32.2. The highest BCUT2D eigenvalue weighted by Crippen LogP contribution is 2.38. The molecule has 1 aliphatic rings. The Labute approximate surface area is 192 Å². The van der Waals surface area contributed by atoms with Crippen molar-refractivity contribution < 1.29 is 14.3 Å². The maximum absolute atomic E-state index is 13.4. The van der Waals surface area contributed by atoms with E-state index in [1.807, 2.05) is 98.8 Å². The van der Waals surface area contributed by atoms with E-state index in [-0.39, 0.29) is 12.0 Å². The van der Waals surface area contributed by atoms with E-state index in [0.29, 0.717) is 21.6 Å². The van der Waals surface area contributed by atoms with Gasteiger partial charge in [0.2, 0.25) is 0 Å². The molecule has 0 bridgehead atoms. The zero-order valence-corrected chi connectivity index (χ0v) is 19.0. The van der Waals surface area contributed by atoms with Crippen molar-refractivity contribution in [1.29, 1.82) is 0 Å². The van der Waals surface area contributed by atoms with Gasteiger partial charge in [0, 0.05) is 0 Å². The second kappa shape index (κ2) is 9.75. The van der Waals surface area contributed by atoms with Gasteiger partial charge in [-0.25, -0.2) is 4.99 Å². The molecular formula is C26H24N2O3S. The maximum Gasteiger partial charge on any atom is 0.271 e. The van der Waals surface area contributed by atoms with E-state index in [2.05, 4.69) is 0 Å². The SMILES string of the molecule is COc1cc(/C=C2/SC(=Nc3ccccc3)N(c3ccccc3)C2=O)ccc1OC(C)C. The van der Waals surface area contributed by atoms with Gasteiger partial charge in [0.05, 0.1) is 29.5 Å². The second-order valence-corrected chi connectivity index (χ2v) is 8.40. The molecule has 32 heavy (non-hydrogen) atoms. The third-order valence-corrected chi connectivity index (χ3v) is 5.62. The zero-order chi connectivity index (χ0) is 22.5. The van der Waals surface area contributed by atoms with E-state index in [9.17, 15) is 4.79 Å². The lowest BCUT2D eigenvalue weighted by molar-refractivity contribution is -0.113. The van der Waals surface area contributed by atoms with Gasteiger partial charge >= 0.3 is 0 Å². The number of aliphatic imine (C=N–C) groups is 1. The van der Waals surface area contributed by atoms with Crippen LogP contribution in [0.5, 0.6) is 11.5 Å². The smallest absolute Gasteiger partial charge is 0.271 e. The lowest BCUT2D eigenvalue weighted by atomic mass is 10.1.